The number of esters is 1. The van der Waals surface area contributed by atoms with Crippen molar-refractivity contribution in [2.24, 2.45) is 0 Å². The predicted octanol–water partition coefficient (Wildman–Crippen LogP) is 6.56. The summed E-state index contributed by atoms with van der Waals surface area (Å²) in [5.41, 5.74) is 0.697. The van der Waals surface area contributed by atoms with E-state index in [0.717, 1.165) is 29.0 Å². The fraction of sp³-hybridized carbons (Fsp3) is 0.414. The van der Waals surface area contributed by atoms with Crippen LogP contribution in [0.1, 0.15) is 54.0 Å². The van der Waals surface area contributed by atoms with Gasteiger partial charge in [-0.3, -0.25) is 9.59 Å². The van der Waals surface area contributed by atoms with Crippen LogP contribution in [0.5, 0.6) is 11.5 Å². The van der Waals surface area contributed by atoms with Crippen molar-refractivity contribution in [3.63, 3.8) is 0 Å². The lowest BCUT2D eigenvalue weighted by atomic mass is 10.0. The smallest absolute Gasteiger partial charge is 0.315 e. The summed E-state index contributed by atoms with van der Waals surface area (Å²) in [5.74, 6) is 1.16. The van der Waals surface area contributed by atoms with Gasteiger partial charge >= 0.3 is 12.0 Å². The van der Waals surface area contributed by atoms with Gasteiger partial charge in [0, 0.05) is 21.5 Å². The molecule has 0 radical (unpaired) electrons. The van der Waals surface area contributed by atoms with Crippen LogP contribution >= 0.6 is 34.4 Å². The molecule has 0 fully saturated rings. The van der Waals surface area contributed by atoms with Crippen molar-refractivity contribution in [2.45, 2.75) is 57.8 Å². The summed E-state index contributed by atoms with van der Waals surface area (Å²) in [5, 5.41) is 9.95. The number of amides is 3. The number of methoxy groups -OCH3 is 1. The SMILES string of the molecule is CCCC[C@@H](CSC(=O)N(Cc1cccs1)Cc1cccs1)NC(=O)NC(CC(=O)OC)c1ccc2c(c1)OCO2. The van der Waals surface area contributed by atoms with E-state index in [1.807, 2.05) is 39.9 Å². The molecule has 3 heterocycles. The third-order valence-corrected chi connectivity index (χ3v) is 9.26. The maximum atomic E-state index is 13.4. The number of benzene rings is 1. The van der Waals surface area contributed by atoms with E-state index in [-0.39, 0.29) is 24.5 Å². The second kappa shape index (κ2) is 15.7. The number of carbonyl (C=O) groups excluding carboxylic acids is 3. The molecule has 0 aliphatic carbocycles. The van der Waals surface area contributed by atoms with E-state index in [0.29, 0.717) is 35.9 Å². The molecule has 0 saturated carbocycles. The minimum Gasteiger partial charge on any atom is -0.469 e. The van der Waals surface area contributed by atoms with Crippen molar-refractivity contribution in [2.75, 3.05) is 19.7 Å². The first-order chi connectivity index (χ1) is 19.9. The Bertz CT molecular complexity index is 1230. The summed E-state index contributed by atoms with van der Waals surface area (Å²) in [6.45, 7) is 3.30. The highest BCUT2D eigenvalue weighted by molar-refractivity contribution is 8.13. The highest BCUT2D eigenvalue weighted by atomic mass is 32.2. The van der Waals surface area contributed by atoms with E-state index in [2.05, 4.69) is 17.6 Å². The summed E-state index contributed by atoms with van der Waals surface area (Å²) < 4.78 is 15.7. The Morgan fingerprint density at radius 1 is 1.02 bits per heavy atom. The molecule has 41 heavy (non-hydrogen) atoms. The number of nitrogens with zero attached hydrogens (tertiary/aromatic N) is 1. The van der Waals surface area contributed by atoms with Gasteiger partial charge in [0.05, 0.1) is 32.7 Å². The molecule has 3 aromatic rings. The van der Waals surface area contributed by atoms with Gasteiger partial charge in [0.2, 0.25) is 6.79 Å². The molecule has 0 saturated heterocycles. The monoisotopic (exact) mass is 617 g/mol. The number of thioether (sulfide) groups is 1. The maximum absolute atomic E-state index is 13.4. The minimum absolute atomic E-state index is 0.0283. The van der Waals surface area contributed by atoms with E-state index >= 15 is 0 Å². The van der Waals surface area contributed by atoms with Crippen LogP contribution in [0.2, 0.25) is 0 Å². The number of hydrogen-bond donors (Lipinski definition) is 2. The van der Waals surface area contributed by atoms with Gasteiger partial charge in [0.25, 0.3) is 5.24 Å². The average Bonchev–Trinajstić information content (AvgIpc) is 3.76. The first kappa shape index (κ1) is 30.7. The van der Waals surface area contributed by atoms with E-state index in [4.69, 9.17) is 14.2 Å². The van der Waals surface area contributed by atoms with Gasteiger partial charge in [-0.05, 0) is 47.0 Å². The van der Waals surface area contributed by atoms with Crippen molar-refractivity contribution in [3.8, 4) is 11.5 Å². The normalized spacial score (nSPS) is 13.3. The highest BCUT2D eigenvalue weighted by Crippen LogP contribution is 2.35. The lowest BCUT2D eigenvalue weighted by Crippen LogP contribution is -2.45. The molecule has 2 atom stereocenters. The molecule has 0 bridgehead atoms. The van der Waals surface area contributed by atoms with Crippen molar-refractivity contribution >= 4 is 51.7 Å². The molecule has 1 aliphatic heterocycles. The van der Waals surface area contributed by atoms with Crippen molar-refractivity contribution < 1.29 is 28.6 Å². The van der Waals surface area contributed by atoms with Crippen molar-refractivity contribution in [3.05, 3.63) is 68.5 Å². The third kappa shape index (κ3) is 9.40. The average molecular weight is 618 g/mol. The molecule has 1 unspecified atom stereocenters. The zero-order chi connectivity index (χ0) is 29.0. The Hall–Kier alpha value is -3.22. The summed E-state index contributed by atoms with van der Waals surface area (Å²) >= 11 is 4.48. The zero-order valence-electron chi connectivity index (χ0n) is 23.1. The lowest BCUT2D eigenvalue weighted by molar-refractivity contribution is -0.141. The number of carbonyl (C=O) groups is 3. The molecule has 9 nitrogen and oxygen atoms in total. The van der Waals surface area contributed by atoms with E-state index < -0.39 is 18.0 Å². The number of ether oxygens (including phenoxy) is 3. The Morgan fingerprint density at radius 2 is 1.73 bits per heavy atom. The van der Waals surface area contributed by atoms with Gasteiger partial charge < -0.3 is 29.7 Å². The topological polar surface area (TPSA) is 106 Å². The summed E-state index contributed by atoms with van der Waals surface area (Å²) in [7, 11) is 1.31. The van der Waals surface area contributed by atoms with Crippen molar-refractivity contribution in [1.29, 1.82) is 0 Å². The van der Waals surface area contributed by atoms with Crippen LogP contribution in [0.15, 0.2) is 53.2 Å². The van der Waals surface area contributed by atoms with Gasteiger partial charge in [-0.25, -0.2) is 4.79 Å². The number of fused-ring (bicyclic) bond motifs is 1. The van der Waals surface area contributed by atoms with Crippen LogP contribution in [0.3, 0.4) is 0 Å². The quantitative estimate of drug-likeness (QED) is 0.198. The molecule has 2 N–H and O–H groups in total. The Balaban J connectivity index is 1.39. The second-order valence-corrected chi connectivity index (χ2v) is 12.5. The Morgan fingerprint density at radius 3 is 2.37 bits per heavy atom. The Kier molecular flexibility index (Phi) is 11.8. The Labute approximate surface area is 252 Å². The van der Waals surface area contributed by atoms with Crippen LogP contribution in [0.4, 0.5) is 9.59 Å². The third-order valence-electron chi connectivity index (χ3n) is 6.46. The molecule has 220 valence electrons. The highest BCUT2D eigenvalue weighted by Gasteiger charge is 2.24. The van der Waals surface area contributed by atoms with Gasteiger partial charge in [-0.15, -0.1) is 22.7 Å². The number of urea groups is 1. The summed E-state index contributed by atoms with van der Waals surface area (Å²) in [6, 6.07) is 12.1. The van der Waals surface area contributed by atoms with Crippen LogP contribution in [-0.2, 0) is 22.6 Å². The van der Waals surface area contributed by atoms with Crippen LogP contribution < -0.4 is 20.1 Å². The molecule has 3 amide bonds. The molecular weight excluding hydrogens is 583 g/mol. The van der Waals surface area contributed by atoms with Gasteiger partial charge in [-0.2, -0.15) is 0 Å². The largest absolute Gasteiger partial charge is 0.469 e. The van der Waals surface area contributed by atoms with Crippen LogP contribution in [0.25, 0.3) is 0 Å². The van der Waals surface area contributed by atoms with Crippen molar-refractivity contribution in [1.82, 2.24) is 15.5 Å². The number of nitrogens with one attached hydrogen (secondary N) is 2. The molecule has 1 aromatic carbocycles. The molecule has 0 spiro atoms. The van der Waals surface area contributed by atoms with Crippen LogP contribution in [-0.4, -0.2) is 47.8 Å². The lowest BCUT2D eigenvalue weighted by Gasteiger charge is -2.24. The standard InChI is InChI=1S/C29H35N3O6S3/c1-3-4-7-21(18-41-29(35)32(16-22-8-5-12-39-22)17-23-9-6-13-40-23)30-28(34)31-24(15-27(33)36-2)20-10-11-25-26(14-20)38-19-37-25/h5-6,8-14,21,24H,3-4,7,15-19H2,1-2H3,(H2,30,31,34)/t21-,24?/m0/s1. The minimum atomic E-state index is -0.634. The van der Waals surface area contributed by atoms with E-state index in [9.17, 15) is 14.4 Å². The van der Waals surface area contributed by atoms with E-state index in [1.165, 1.54) is 18.9 Å². The molecule has 2 aromatic heterocycles. The number of thiophene rings is 2. The van der Waals surface area contributed by atoms with Gasteiger partial charge in [-0.1, -0.05) is 49.7 Å². The number of unbranched alkanes of at least 4 members (excludes halogenated alkanes) is 1. The molecule has 1 aliphatic rings. The summed E-state index contributed by atoms with van der Waals surface area (Å²) in [4.78, 5) is 42.8. The maximum Gasteiger partial charge on any atom is 0.315 e. The fourth-order valence-electron chi connectivity index (χ4n) is 4.29. The fourth-order valence-corrected chi connectivity index (χ4v) is 6.64. The summed E-state index contributed by atoms with van der Waals surface area (Å²) in [6.07, 6.45) is 2.55. The number of hydrogen-bond acceptors (Lipinski definition) is 9. The van der Waals surface area contributed by atoms with E-state index in [1.54, 1.807) is 40.9 Å². The predicted molar refractivity (Wildman–Crippen MR) is 163 cm³/mol. The van der Waals surface area contributed by atoms with Crippen LogP contribution in [0, 0.1) is 0 Å². The van der Waals surface area contributed by atoms with Gasteiger partial charge in [0.1, 0.15) is 0 Å². The molecular formula is C29H35N3O6S3. The molecule has 4 rings (SSSR count). The second-order valence-electron chi connectivity index (χ2n) is 9.49. The zero-order valence-corrected chi connectivity index (χ0v) is 25.6. The first-order valence-electron chi connectivity index (χ1n) is 13.4. The molecule has 12 heteroatoms. The first-order valence-corrected chi connectivity index (χ1v) is 16.2. The number of rotatable bonds is 14. The van der Waals surface area contributed by atoms with Gasteiger partial charge in [0.15, 0.2) is 11.5 Å².